The largest absolute Gasteiger partial charge is 0.361 e. The number of anilines is 1. The number of para-hydroxylation sites is 2. The van der Waals surface area contributed by atoms with E-state index >= 15 is 0 Å². The summed E-state index contributed by atoms with van der Waals surface area (Å²) >= 11 is 0. The number of nitrogens with zero attached hydrogens (tertiary/aromatic N) is 2. The van der Waals surface area contributed by atoms with E-state index in [-0.39, 0.29) is 0 Å². The molecule has 0 saturated carbocycles. The highest BCUT2D eigenvalue weighted by molar-refractivity contribution is 6.10. The Hall–Kier alpha value is -3.52. The summed E-state index contributed by atoms with van der Waals surface area (Å²) in [5, 5.41) is 2.67. The maximum absolute atomic E-state index is 2.70. The van der Waals surface area contributed by atoms with Crippen molar-refractivity contribution >= 4 is 27.5 Å². The van der Waals surface area contributed by atoms with E-state index in [1.165, 1.54) is 50.7 Å². The molecule has 1 aliphatic heterocycles. The molecule has 2 aliphatic rings. The van der Waals surface area contributed by atoms with Crippen LogP contribution in [0.1, 0.15) is 42.0 Å². The molecule has 2 bridgehead atoms. The van der Waals surface area contributed by atoms with E-state index in [4.69, 9.17) is 0 Å². The maximum Gasteiger partial charge on any atom is 0.0555 e. The minimum Gasteiger partial charge on any atom is -0.361 e. The molecule has 1 saturated heterocycles. The highest BCUT2D eigenvalue weighted by atomic mass is 15.2. The summed E-state index contributed by atoms with van der Waals surface area (Å²) in [6.07, 6.45) is 1.24. The van der Waals surface area contributed by atoms with Crippen LogP contribution in [0.4, 0.5) is 5.69 Å². The first kappa shape index (κ1) is 18.1. The molecule has 0 N–H and O–H groups in total. The van der Waals surface area contributed by atoms with Gasteiger partial charge in [-0.1, -0.05) is 60.7 Å². The number of rotatable bonds is 2. The van der Waals surface area contributed by atoms with E-state index in [0.29, 0.717) is 18.0 Å². The van der Waals surface area contributed by atoms with Gasteiger partial charge in [0.15, 0.2) is 0 Å². The van der Waals surface area contributed by atoms with Crippen LogP contribution in [0.25, 0.3) is 27.5 Å². The summed E-state index contributed by atoms with van der Waals surface area (Å²) < 4.78 is 2.41. The van der Waals surface area contributed by atoms with Gasteiger partial charge in [-0.3, -0.25) is 0 Å². The summed E-state index contributed by atoms with van der Waals surface area (Å²) in [6.45, 7) is 4.70. The SMILES string of the molecule is Cc1cc2c(cc1N1C3CC(c4ccccc43)[C@@H]1C)c1ccccc1n2-c1ccccc1. The molecular weight excluding hydrogens is 388 g/mol. The molecule has 0 amide bonds. The van der Waals surface area contributed by atoms with Crippen LogP contribution in [-0.2, 0) is 0 Å². The van der Waals surface area contributed by atoms with Crippen molar-refractivity contribution in [1.29, 1.82) is 0 Å². The first-order valence-electron chi connectivity index (χ1n) is 11.7. The number of hydrogen-bond donors (Lipinski definition) is 0. The van der Waals surface area contributed by atoms with Gasteiger partial charge >= 0.3 is 0 Å². The van der Waals surface area contributed by atoms with Gasteiger partial charge in [-0.25, -0.2) is 0 Å². The van der Waals surface area contributed by atoms with Crippen LogP contribution in [0.2, 0.25) is 0 Å². The van der Waals surface area contributed by atoms with E-state index in [9.17, 15) is 0 Å². The number of aryl methyl sites for hydroxylation is 1. The van der Waals surface area contributed by atoms with E-state index in [0.717, 1.165) is 0 Å². The van der Waals surface area contributed by atoms with Gasteiger partial charge in [-0.2, -0.15) is 0 Å². The number of benzene rings is 4. The van der Waals surface area contributed by atoms with Crippen LogP contribution in [0.3, 0.4) is 0 Å². The fourth-order valence-electron chi connectivity index (χ4n) is 6.47. The van der Waals surface area contributed by atoms with Gasteiger partial charge in [0.1, 0.15) is 0 Å². The zero-order valence-corrected chi connectivity index (χ0v) is 18.5. The van der Waals surface area contributed by atoms with Crippen molar-refractivity contribution in [2.45, 2.75) is 38.3 Å². The van der Waals surface area contributed by atoms with Gasteiger partial charge in [0, 0.05) is 34.1 Å². The molecule has 7 rings (SSSR count). The lowest BCUT2D eigenvalue weighted by atomic mass is 9.92. The Morgan fingerprint density at radius 3 is 2.28 bits per heavy atom. The molecule has 2 unspecified atom stereocenters. The van der Waals surface area contributed by atoms with E-state index in [1.807, 2.05) is 0 Å². The minimum atomic E-state index is 0.491. The maximum atomic E-state index is 2.70. The fourth-order valence-corrected chi connectivity index (χ4v) is 6.47. The van der Waals surface area contributed by atoms with Crippen LogP contribution in [0.5, 0.6) is 0 Å². The average Bonchev–Trinajstić information content (AvgIpc) is 3.47. The zero-order chi connectivity index (χ0) is 21.4. The lowest BCUT2D eigenvalue weighted by Gasteiger charge is -2.37. The third kappa shape index (κ3) is 2.30. The molecule has 1 aliphatic carbocycles. The molecule has 2 heterocycles. The number of hydrogen-bond acceptors (Lipinski definition) is 1. The van der Waals surface area contributed by atoms with Crippen molar-refractivity contribution in [2.75, 3.05) is 4.90 Å². The third-order valence-electron chi connectivity index (χ3n) is 7.87. The summed E-state index contributed by atoms with van der Waals surface area (Å²) in [7, 11) is 0. The third-order valence-corrected chi connectivity index (χ3v) is 7.87. The smallest absolute Gasteiger partial charge is 0.0555 e. The van der Waals surface area contributed by atoms with E-state index < -0.39 is 0 Å². The van der Waals surface area contributed by atoms with Crippen molar-refractivity contribution < 1.29 is 0 Å². The Morgan fingerprint density at radius 1 is 0.719 bits per heavy atom. The van der Waals surface area contributed by atoms with Crippen LogP contribution in [0, 0.1) is 6.92 Å². The van der Waals surface area contributed by atoms with Gasteiger partial charge in [0.05, 0.1) is 17.1 Å². The molecular formula is C30H26N2. The second-order valence-electron chi connectivity index (χ2n) is 9.48. The molecule has 5 aromatic rings. The standard InChI is InChI=1S/C30H26N2/c1-19-16-29-26(24-14-8-9-15-27(24)32(29)21-10-4-3-5-11-21)18-28(19)31-20(2)25-17-30(31)23-13-7-6-12-22(23)25/h3-16,18,20,25,30H,17H2,1-2H3/t20-,25?,30?/m0/s1. The molecule has 32 heavy (non-hydrogen) atoms. The predicted molar refractivity (Wildman–Crippen MR) is 134 cm³/mol. The molecule has 2 heteroatoms. The van der Waals surface area contributed by atoms with Gasteiger partial charge in [0.2, 0.25) is 0 Å². The lowest BCUT2D eigenvalue weighted by molar-refractivity contribution is 0.614. The summed E-state index contributed by atoms with van der Waals surface area (Å²) in [5.74, 6) is 0.636. The van der Waals surface area contributed by atoms with Crippen molar-refractivity contribution in [3.05, 3.63) is 108 Å². The highest BCUT2D eigenvalue weighted by Gasteiger charge is 2.47. The summed E-state index contributed by atoms with van der Waals surface area (Å²) in [6, 6.07) is 34.5. The van der Waals surface area contributed by atoms with E-state index in [2.05, 4.69) is 114 Å². The van der Waals surface area contributed by atoms with Crippen molar-refractivity contribution in [1.82, 2.24) is 4.57 Å². The Labute approximate surface area is 188 Å². The predicted octanol–water partition coefficient (Wildman–Crippen LogP) is 7.53. The van der Waals surface area contributed by atoms with Crippen molar-refractivity contribution in [3.8, 4) is 5.69 Å². The van der Waals surface area contributed by atoms with Crippen LogP contribution in [0.15, 0.2) is 91.0 Å². The van der Waals surface area contributed by atoms with Gasteiger partial charge in [-0.15, -0.1) is 0 Å². The second kappa shape index (κ2) is 6.49. The molecule has 0 radical (unpaired) electrons. The molecule has 2 nitrogen and oxygen atoms in total. The fraction of sp³-hybridized carbons (Fsp3) is 0.200. The second-order valence-corrected chi connectivity index (χ2v) is 9.48. The average molecular weight is 415 g/mol. The Balaban J connectivity index is 1.47. The van der Waals surface area contributed by atoms with Gasteiger partial charge in [0.25, 0.3) is 0 Å². The molecule has 1 aromatic heterocycles. The van der Waals surface area contributed by atoms with E-state index in [1.54, 1.807) is 5.56 Å². The summed E-state index contributed by atoms with van der Waals surface area (Å²) in [5.41, 5.74) is 9.62. The van der Waals surface area contributed by atoms with Gasteiger partial charge < -0.3 is 9.47 Å². The highest BCUT2D eigenvalue weighted by Crippen LogP contribution is 2.56. The molecule has 156 valence electrons. The number of aromatic nitrogens is 1. The van der Waals surface area contributed by atoms with Gasteiger partial charge in [-0.05, 0) is 67.3 Å². The normalized spacial score (nSPS) is 21.6. The zero-order valence-electron chi connectivity index (χ0n) is 18.5. The molecule has 1 fully saturated rings. The van der Waals surface area contributed by atoms with Crippen LogP contribution < -0.4 is 4.90 Å². The minimum absolute atomic E-state index is 0.491. The number of fused-ring (bicyclic) bond motifs is 8. The quantitative estimate of drug-likeness (QED) is 0.290. The molecule has 0 spiro atoms. The Bertz CT molecular complexity index is 1490. The first-order chi connectivity index (χ1) is 15.7. The van der Waals surface area contributed by atoms with Crippen LogP contribution >= 0.6 is 0 Å². The van der Waals surface area contributed by atoms with Crippen molar-refractivity contribution in [3.63, 3.8) is 0 Å². The van der Waals surface area contributed by atoms with Crippen molar-refractivity contribution in [2.24, 2.45) is 0 Å². The topological polar surface area (TPSA) is 8.17 Å². The molecule has 3 atom stereocenters. The van der Waals surface area contributed by atoms with Crippen LogP contribution in [-0.4, -0.2) is 10.6 Å². The first-order valence-corrected chi connectivity index (χ1v) is 11.7. The monoisotopic (exact) mass is 414 g/mol. The Morgan fingerprint density at radius 2 is 1.44 bits per heavy atom. The Kier molecular flexibility index (Phi) is 3.67. The summed E-state index contributed by atoms with van der Waals surface area (Å²) in [4.78, 5) is 2.70. The lowest BCUT2D eigenvalue weighted by Crippen LogP contribution is -2.35. The molecule has 4 aromatic carbocycles.